The number of likely N-dealkylation sites (tertiary alicyclic amines) is 1. The van der Waals surface area contributed by atoms with Crippen LogP contribution in [0.1, 0.15) is 34.1 Å². The highest BCUT2D eigenvalue weighted by Gasteiger charge is 2.53. The molecular formula is C17H30F3N3O3. The van der Waals surface area contributed by atoms with Gasteiger partial charge >= 0.3 is 18.2 Å². The molecule has 0 radical (unpaired) electrons. The number of carboxylic acid groups (broad SMARTS) is 1. The molecule has 1 saturated heterocycles. The lowest BCUT2D eigenvalue weighted by atomic mass is 9.96. The molecule has 0 bridgehead atoms. The zero-order valence-electron chi connectivity index (χ0n) is 15.8. The van der Waals surface area contributed by atoms with Gasteiger partial charge in [-0.1, -0.05) is 27.7 Å². The summed E-state index contributed by atoms with van der Waals surface area (Å²) in [7, 11) is 0. The first-order chi connectivity index (χ1) is 12.0. The van der Waals surface area contributed by atoms with Gasteiger partial charge in [0, 0.05) is 25.7 Å². The summed E-state index contributed by atoms with van der Waals surface area (Å²) in [4.78, 5) is 26.6. The molecule has 1 aliphatic heterocycles. The fourth-order valence-corrected chi connectivity index (χ4v) is 3.51. The van der Waals surface area contributed by atoms with E-state index < -0.39 is 43.1 Å². The van der Waals surface area contributed by atoms with Crippen LogP contribution in [0.3, 0.4) is 0 Å². The Morgan fingerprint density at radius 2 is 1.81 bits per heavy atom. The molecule has 1 aliphatic rings. The standard InChI is InChI=1S/C17H30F3N3O3/c1-5-22(6-2)12(7-11(3)4)8-21-16(26)23-9-13(15(24)25)14(10-23)17(18,19)20/h11-14H,5-10H2,1-4H3,(H,21,26)(H,24,25)/t12?,13-,14-/m1/s1. The highest BCUT2D eigenvalue weighted by molar-refractivity contribution is 5.77. The fourth-order valence-electron chi connectivity index (χ4n) is 3.51. The van der Waals surface area contributed by atoms with E-state index in [9.17, 15) is 22.8 Å². The van der Waals surface area contributed by atoms with E-state index in [1.165, 1.54) is 0 Å². The van der Waals surface area contributed by atoms with Gasteiger partial charge in [-0.05, 0) is 25.4 Å². The van der Waals surface area contributed by atoms with Crippen LogP contribution < -0.4 is 5.32 Å². The third-order valence-corrected chi connectivity index (χ3v) is 4.91. The molecule has 2 amide bonds. The second kappa shape index (κ2) is 9.43. The molecule has 1 rings (SSSR count). The van der Waals surface area contributed by atoms with Crippen LogP contribution in [0.15, 0.2) is 0 Å². The van der Waals surface area contributed by atoms with Gasteiger partial charge in [0.2, 0.25) is 0 Å². The topological polar surface area (TPSA) is 72.9 Å². The Hall–Kier alpha value is -1.51. The number of carboxylic acids is 1. The van der Waals surface area contributed by atoms with Gasteiger partial charge in [-0.3, -0.25) is 9.69 Å². The molecule has 0 spiro atoms. The van der Waals surface area contributed by atoms with Crippen LogP contribution in [0.5, 0.6) is 0 Å². The van der Waals surface area contributed by atoms with Gasteiger partial charge in [-0.2, -0.15) is 13.2 Å². The molecule has 0 aromatic heterocycles. The Labute approximate surface area is 152 Å². The number of likely N-dealkylation sites (N-methyl/N-ethyl adjacent to an activating group) is 1. The van der Waals surface area contributed by atoms with Crippen molar-refractivity contribution in [2.45, 2.75) is 46.3 Å². The lowest BCUT2D eigenvalue weighted by Gasteiger charge is -2.31. The monoisotopic (exact) mass is 381 g/mol. The van der Waals surface area contributed by atoms with Crippen LogP contribution in [-0.2, 0) is 4.79 Å². The third-order valence-electron chi connectivity index (χ3n) is 4.91. The SMILES string of the molecule is CCN(CC)C(CNC(=O)N1C[C@@H](C(F)(F)F)[C@H](C(=O)O)C1)CC(C)C. The molecule has 2 N–H and O–H groups in total. The summed E-state index contributed by atoms with van der Waals surface area (Å²) < 4.78 is 39.1. The molecule has 6 nitrogen and oxygen atoms in total. The van der Waals surface area contributed by atoms with E-state index >= 15 is 0 Å². The number of carbonyl (C=O) groups is 2. The van der Waals surface area contributed by atoms with E-state index in [0.29, 0.717) is 12.5 Å². The molecule has 1 heterocycles. The van der Waals surface area contributed by atoms with Gasteiger partial charge in [-0.15, -0.1) is 0 Å². The first-order valence-corrected chi connectivity index (χ1v) is 9.07. The molecule has 0 aliphatic carbocycles. The molecule has 1 unspecified atom stereocenters. The van der Waals surface area contributed by atoms with Crippen molar-refractivity contribution in [2.75, 3.05) is 32.7 Å². The highest BCUT2D eigenvalue weighted by Crippen LogP contribution is 2.37. The zero-order chi connectivity index (χ0) is 20.1. The molecule has 3 atom stereocenters. The maximum Gasteiger partial charge on any atom is 0.394 e. The van der Waals surface area contributed by atoms with Crippen LogP contribution in [0, 0.1) is 17.8 Å². The number of halogens is 3. The third kappa shape index (κ3) is 6.03. The highest BCUT2D eigenvalue weighted by atomic mass is 19.4. The predicted octanol–water partition coefficient (Wildman–Crippen LogP) is 2.65. The Morgan fingerprint density at radius 3 is 2.19 bits per heavy atom. The van der Waals surface area contributed by atoms with Gasteiger partial charge in [0.1, 0.15) is 0 Å². The molecule has 26 heavy (non-hydrogen) atoms. The van der Waals surface area contributed by atoms with Crippen LogP contribution in [0.4, 0.5) is 18.0 Å². The van der Waals surface area contributed by atoms with Crippen LogP contribution >= 0.6 is 0 Å². The molecule has 152 valence electrons. The first-order valence-electron chi connectivity index (χ1n) is 9.07. The second-order valence-electron chi connectivity index (χ2n) is 7.19. The molecule has 0 saturated carbocycles. The summed E-state index contributed by atoms with van der Waals surface area (Å²) in [5.74, 6) is -4.76. The Balaban J connectivity index is 2.72. The van der Waals surface area contributed by atoms with E-state index in [4.69, 9.17) is 5.11 Å². The van der Waals surface area contributed by atoms with E-state index in [-0.39, 0.29) is 6.04 Å². The van der Waals surface area contributed by atoms with E-state index in [2.05, 4.69) is 24.1 Å². The minimum Gasteiger partial charge on any atom is -0.481 e. The average molecular weight is 381 g/mol. The van der Waals surface area contributed by atoms with Crippen molar-refractivity contribution in [1.82, 2.24) is 15.1 Å². The number of nitrogens with one attached hydrogen (secondary N) is 1. The minimum absolute atomic E-state index is 0.0882. The summed E-state index contributed by atoms with van der Waals surface area (Å²) in [6, 6.07) is -0.547. The van der Waals surface area contributed by atoms with Crippen molar-refractivity contribution in [3.8, 4) is 0 Å². The minimum atomic E-state index is -4.64. The fraction of sp³-hybridized carbons (Fsp3) is 0.882. The van der Waals surface area contributed by atoms with Gasteiger partial charge in [-0.25, -0.2) is 4.79 Å². The maximum atomic E-state index is 13.0. The smallest absolute Gasteiger partial charge is 0.394 e. The zero-order valence-corrected chi connectivity index (χ0v) is 15.8. The summed E-state index contributed by atoms with van der Waals surface area (Å²) in [5.41, 5.74) is 0. The maximum absolute atomic E-state index is 13.0. The van der Waals surface area contributed by atoms with Crippen LogP contribution in [0.25, 0.3) is 0 Å². The van der Waals surface area contributed by atoms with E-state index in [1.54, 1.807) is 0 Å². The molecule has 1 fully saturated rings. The number of aliphatic carboxylic acids is 1. The van der Waals surface area contributed by atoms with Crippen LogP contribution in [-0.4, -0.2) is 71.8 Å². The lowest BCUT2D eigenvalue weighted by molar-refractivity contribution is -0.187. The quantitative estimate of drug-likeness (QED) is 0.678. The molecule has 0 aromatic carbocycles. The van der Waals surface area contributed by atoms with E-state index in [0.717, 1.165) is 24.4 Å². The number of nitrogens with zero attached hydrogens (tertiary/aromatic N) is 2. The molecule has 9 heteroatoms. The number of rotatable bonds is 8. The largest absolute Gasteiger partial charge is 0.481 e. The Bertz CT molecular complexity index is 482. The molecular weight excluding hydrogens is 351 g/mol. The Kier molecular flexibility index (Phi) is 8.17. The number of carbonyl (C=O) groups excluding carboxylic acids is 1. The van der Waals surface area contributed by atoms with Gasteiger partial charge in [0.15, 0.2) is 0 Å². The second-order valence-corrected chi connectivity index (χ2v) is 7.19. The van der Waals surface area contributed by atoms with Crippen molar-refractivity contribution >= 4 is 12.0 Å². The normalized spacial score (nSPS) is 22.1. The first kappa shape index (κ1) is 22.5. The summed E-state index contributed by atoms with van der Waals surface area (Å²) in [5, 5.41) is 11.7. The summed E-state index contributed by atoms with van der Waals surface area (Å²) >= 11 is 0. The summed E-state index contributed by atoms with van der Waals surface area (Å²) in [6.07, 6.45) is -3.79. The van der Waals surface area contributed by atoms with Crippen molar-refractivity contribution < 1.29 is 27.9 Å². The number of hydrogen-bond acceptors (Lipinski definition) is 3. The van der Waals surface area contributed by atoms with Gasteiger partial charge < -0.3 is 15.3 Å². The van der Waals surface area contributed by atoms with Crippen molar-refractivity contribution in [3.63, 3.8) is 0 Å². The summed E-state index contributed by atoms with van der Waals surface area (Å²) in [6.45, 7) is 9.08. The number of hydrogen-bond donors (Lipinski definition) is 2. The average Bonchev–Trinajstić information content (AvgIpc) is 2.98. The van der Waals surface area contributed by atoms with Gasteiger partial charge in [0.05, 0.1) is 11.8 Å². The van der Waals surface area contributed by atoms with Gasteiger partial charge in [0.25, 0.3) is 0 Å². The van der Waals surface area contributed by atoms with Crippen molar-refractivity contribution in [2.24, 2.45) is 17.8 Å². The van der Waals surface area contributed by atoms with E-state index in [1.807, 2.05) is 13.8 Å². The van der Waals surface area contributed by atoms with Crippen molar-refractivity contribution in [1.29, 1.82) is 0 Å². The number of alkyl halides is 3. The van der Waals surface area contributed by atoms with Crippen LogP contribution in [0.2, 0.25) is 0 Å². The van der Waals surface area contributed by atoms with Crippen molar-refractivity contribution in [3.05, 3.63) is 0 Å². The predicted molar refractivity (Wildman–Crippen MR) is 91.8 cm³/mol. The number of amides is 2. The number of urea groups is 1. The lowest BCUT2D eigenvalue weighted by Crippen LogP contribution is -2.48. The molecule has 0 aromatic rings. The Morgan fingerprint density at radius 1 is 1.23 bits per heavy atom.